The van der Waals surface area contributed by atoms with Gasteiger partial charge in [0.2, 0.25) is 0 Å². The van der Waals surface area contributed by atoms with Crippen LogP contribution in [0.3, 0.4) is 0 Å². The monoisotopic (exact) mass is 1730 g/mol. The zero-order chi connectivity index (χ0) is 88.2. The van der Waals surface area contributed by atoms with E-state index in [4.69, 9.17) is 0 Å². The van der Waals surface area contributed by atoms with Gasteiger partial charge in [0, 0.05) is 96.9 Å². The van der Waals surface area contributed by atoms with Crippen LogP contribution in [0.5, 0.6) is 0 Å². The van der Waals surface area contributed by atoms with Crippen LogP contribution in [0.4, 0.5) is 0 Å². The summed E-state index contributed by atoms with van der Waals surface area (Å²) < 4.78 is -1.25. The summed E-state index contributed by atoms with van der Waals surface area (Å²) in [5.41, 5.74) is 15.4. The molecule has 0 aliphatic rings. The van der Waals surface area contributed by atoms with E-state index in [1.807, 2.05) is 0 Å². The summed E-state index contributed by atoms with van der Waals surface area (Å²) in [7, 11) is -5.38. The Labute approximate surface area is 769 Å². The van der Waals surface area contributed by atoms with E-state index in [9.17, 15) is 21.6 Å². The third-order valence-electron chi connectivity index (χ3n) is 24.9. The lowest BCUT2D eigenvalue weighted by Gasteiger charge is -2.60. The van der Waals surface area contributed by atoms with Gasteiger partial charge in [-0.1, -0.05) is 485 Å². The van der Waals surface area contributed by atoms with Crippen LogP contribution in [-0.4, -0.2) is 65.9 Å². The molecule has 130 heavy (non-hydrogen) atoms. The Bertz CT molecular complexity index is 5050. The highest BCUT2D eigenvalue weighted by molar-refractivity contribution is 7.55. The number of benzene rings is 16. The maximum Gasteiger partial charge on any atom is 0.695 e. The number of nitrogens with zero attached hydrogens (tertiary/aromatic N) is 8. The van der Waals surface area contributed by atoms with Gasteiger partial charge in [0.1, 0.15) is 0 Å². The first-order valence-electron chi connectivity index (χ1n) is 44.9. The van der Waals surface area contributed by atoms with Gasteiger partial charge < -0.3 is 5.48 Å². The topological polar surface area (TPSA) is 140 Å². The predicted molar refractivity (Wildman–Crippen MR) is 532 cm³/mol. The molecule has 13 nitrogen and oxygen atoms in total. The van der Waals surface area contributed by atoms with Gasteiger partial charge in [-0.15, -0.1) is 0 Å². The second-order valence-electron chi connectivity index (χ2n) is 34.0. The van der Waals surface area contributed by atoms with E-state index < -0.39 is 7.87 Å². The van der Waals surface area contributed by atoms with Crippen LogP contribution in [0.1, 0.15) is 89.0 Å². The summed E-state index contributed by atoms with van der Waals surface area (Å²) in [5.74, 6) is 1.06. The van der Waals surface area contributed by atoms with E-state index in [1.165, 1.54) is 0 Å². The van der Waals surface area contributed by atoms with Crippen LogP contribution in [0.15, 0.2) is 485 Å². The molecule has 0 aliphatic carbocycles. The van der Waals surface area contributed by atoms with Gasteiger partial charge in [0.25, 0.3) is 0 Å². The Kier molecular flexibility index (Phi) is 30.5. The molecule has 0 spiro atoms. The fourth-order valence-electron chi connectivity index (χ4n) is 19.4. The molecule has 14 heteroatoms. The molecule has 0 radical (unpaired) electrons. The molecule has 0 atom stereocenters. The lowest BCUT2D eigenvalue weighted by molar-refractivity contribution is -1.03. The van der Waals surface area contributed by atoms with Gasteiger partial charge in [-0.3, -0.25) is 19.6 Å². The molecule has 0 unspecified atom stereocenters. The summed E-state index contributed by atoms with van der Waals surface area (Å²) in [6.45, 7) is 2.72. The average molecular weight is 1730 g/mol. The normalized spacial score (nSPS) is 12.0. The summed E-state index contributed by atoms with van der Waals surface area (Å²) >= 11 is 0. The zero-order valence-corrected chi connectivity index (χ0v) is 74.9. The standard InChI is InChI=1S/C116H116N12P.H2O/c117-113(121(81-97-49-17-1-18-50-97)82-98-51-19-2-20-52-98)125(89-105-65-33-9-34-66-105,90-106-67-35-10-36-68-106)129(126(91-107-69-37-11-38-70-107,92-108-71-39-12-40-72-108)114(118)122(83-99-53-21-3-22-54-99)84-100-55-23-4-24-56-100,127(93-109-73-41-13-42-74-109,94-110-75-43-14-44-76-110)115(119)123(85-101-57-25-5-26-58-101)86-102-59-27-6-28-60-102)128(95-111-77-45-15-46-78-111,96-112-79-47-16-48-80-112)116(120)124(87-103-61-29-7-30-62-103)88-104-63-31-8-32-64-104;/h1-80,117-120H,81-96H2;1H2/q+5;. The highest BCUT2D eigenvalue weighted by atomic mass is 31.2. The number of quaternary nitrogens is 4. The molecular formula is C116H118N12OP+5. The van der Waals surface area contributed by atoms with E-state index in [2.05, 4.69) is 505 Å². The van der Waals surface area contributed by atoms with Crippen molar-refractivity contribution in [2.75, 3.05) is 0 Å². The smallest absolute Gasteiger partial charge is 0.412 e. The minimum Gasteiger partial charge on any atom is -0.412 e. The predicted octanol–water partition coefficient (Wildman–Crippen LogP) is 25.3. The highest BCUT2D eigenvalue weighted by Gasteiger charge is 3.03. The number of rotatable bonds is 36. The first-order chi connectivity index (χ1) is 63.5. The Balaban J connectivity index is 0.0000130. The quantitative estimate of drug-likeness (QED) is 0.0176. The molecule has 0 saturated carbocycles. The fraction of sp³-hybridized carbons (Fsp3) is 0.138. The van der Waals surface area contributed by atoms with Crippen molar-refractivity contribution in [2.24, 2.45) is 0 Å². The van der Waals surface area contributed by atoms with Crippen LogP contribution in [0.25, 0.3) is 0 Å². The van der Waals surface area contributed by atoms with Crippen LogP contribution >= 0.6 is 7.87 Å². The summed E-state index contributed by atoms with van der Waals surface area (Å²) in [6.07, 6.45) is 0. The lowest BCUT2D eigenvalue weighted by Crippen LogP contribution is -2.83. The van der Waals surface area contributed by atoms with Crippen LogP contribution in [0, 0.1) is 21.6 Å². The minimum absolute atomic E-state index is 0. The van der Waals surface area contributed by atoms with E-state index in [-0.39, 0.29) is 151 Å². The lowest BCUT2D eigenvalue weighted by atomic mass is 10.1. The maximum absolute atomic E-state index is 14.0. The van der Waals surface area contributed by atoms with Gasteiger partial charge in [-0.25, -0.2) is 21.6 Å². The SMILES string of the molecule is N=C(N(Cc1ccccc1)Cc1ccccc1)[N+](Cc1ccccc1)(Cc1ccccc1)[P+]([N+](Cc1ccccc1)(Cc1ccccc1)C(=N)N(Cc1ccccc1)Cc1ccccc1)([N+](Cc1ccccc1)(Cc1ccccc1)C(=N)N(Cc1ccccc1)Cc1ccccc1)[N+](Cc1ccccc1)(Cc1ccccc1)C(=N)N(Cc1ccccc1)Cc1ccccc1.O. The van der Waals surface area contributed by atoms with Gasteiger partial charge in [-0.2, -0.15) is 0 Å². The van der Waals surface area contributed by atoms with E-state index in [1.54, 1.807) is 0 Å². The molecule has 648 valence electrons. The van der Waals surface area contributed by atoms with Crippen molar-refractivity contribution in [3.05, 3.63) is 574 Å². The molecule has 0 saturated heterocycles. The first-order valence-corrected chi connectivity index (χ1v) is 46.5. The van der Waals surface area contributed by atoms with Crippen molar-refractivity contribution < 1.29 is 22.5 Å². The molecule has 0 fully saturated rings. The van der Waals surface area contributed by atoms with Crippen molar-refractivity contribution in [1.29, 1.82) is 21.6 Å². The largest absolute Gasteiger partial charge is 0.695 e. The van der Waals surface area contributed by atoms with Crippen molar-refractivity contribution >= 4 is 31.7 Å². The molecule has 0 heterocycles. The van der Waals surface area contributed by atoms with Gasteiger partial charge in [-0.05, 0) is 61.5 Å². The summed E-state index contributed by atoms with van der Waals surface area (Å²) in [6, 6.07) is 174. The van der Waals surface area contributed by atoms with E-state index in [0.29, 0.717) is 0 Å². The molecule has 16 aromatic rings. The second kappa shape index (κ2) is 43.9. The van der Waals surface area contributed by atoms with Crippen molar-refractivity contribution in [3.63, 3.8) is 0 Å². The van der Waals surface area contributed by atoms with Gasteiger partial charge in [0.05, 0.1) is 0 Å². The molecule has 0 aromatic heterocycles. The second-order valence-corrected chi connectivity index (χ2v) is 38.1. The van der Waals surface area contributed by atoms with Crippen LogP contribution in [0.2, 0.25) is 0 Å². The molecular weight excluding hydrogens is 1610 g/mol. The molecule has 0 bridgehead atoms. The molecule has 0 amide bonds. The third-order valence-corrected chi connectivity index (χ3v) is 30.9. The van der Waals surface area contributed by atoms with E-state index >= 15 is 0 Å². The Morgan fingerprint density at radius 2 is 0.231 bits per heavy atom. The van der Waals surface area contributed by atoms with Crippen molar-refractivity contribution in [2.45, 2.75) is 105 Å². The van der Waals surface area contributed by atoms with Crippen LogP contribution < -0.4 is 0 Å². The Morgan fingerprint density at radius 3 is 0.323 bits per heavy atom. The minimum atomic E-state index is -5.38. The third kappa shape index (κ3) is 21.1. The van der Waals surface area contributed by atoms with Crippen molar-refractivity contribution in [3.8, 4) is 0 Å². The highest BCUT2D eigenvalue weighted by Crippen LogP contribution is 2.89. The number of hydrogen-bond acceptors (Lipinski definition) is 4. The maximum atomic E-state index is 14.0. The number of nitrogens with one attached hydrogen (secondary N) is 4. The Morgan fingerprint density at radius 1 is 0.146 bits per heavy atom. The van der Waals surface area contributed by atoms with Crippen molar-refractivity contribution in [1.82, 2.24) is 19.6 Å². The zero-order valence-electron chi connectivity index (χ0n) is 74.0. The van der Waals surface area contributed by atoms with Gasteiger partial charge >= 0.3 is 31.7 Å². The molecule has 6 N–H and O–H groups in total. The fourth-order valence-corrected chi connectivity index (χ4v) is 27.7. The average Bonchev–Trinajstić information content (AvgIpc) is 0.638. The molecule has 16 rings (SSSR count). The molecule has 16 aromatic carbocycles. The number of guanidine groups is 4. The summed E-state index contributed by atoms with van der Waals surface area (Å²) in [4.78, 5) is 9.57. The molecule has 0 aliphatic heterocycles. The summed E-state index contributed by atoms with van der Waals surface area (Å²) in [5, 5.41) is 55.9. The first kappa shape index (κ1) is 90.4. The Hall–Kier alpha value is -14.4. The number of hydrogen-bond donors (Lipinski definition) is 4. The van der Waals surface area contributed by atoms with E-state index in [0.717, 1.165) is 89.0 Å². The van der Waals surface area contributed by atoms with Crippen LogP contribution in [-0.2, 0) is 105 Å². The van der Waals surface area contributed by atoms with Gasteiger partial charge in [0.15, 0.2) is 52.4 Å².